The molecule has 1 atom stereocenters. The van der Waals surface area contributed by atoms with E-state index in [-0.39, 0.29) is 22.4 Å². The van der Waals surface area contributed by atoms with Gasteiger partial charge in [-0.05, 0) is 43.7 Å². The molecular formula is C17H26N2O3. The van der Waals surface area contributed by atoms with Crippen LogP contribution in [-0.2, 0) is 7.05 Å². The first-order valence-electron chi connectivity index (χ1n) is 7.77. The highest BCUT2D eigenvalue weighted by Crippen LogP contribution is 2.28. The summed E-state index contributed by atoms with van der Waals surface area (Å²) in [7, 11) is 1.69. The maximum atomic E-state index is 12.8. The molecular weight excluding hydrogens is 280 g/mol. The maximum Gasteiger partial charge on any atom is 0.263 e. The van der Waals surface area contributed by atoms with Crippen LogP contribution in [0.4, 0.5) is 0 Å². The summed E-state index contributed by atoms with van der Waals surface area (Å²) >= 11 is 0. The van der Waals surface area contributed by atoms with Crippen molar-refractivity contribution >= 4 is 5.91 Å². The largest absolute Gasteiger partial charge is 0.393 e. The van der Waals surface area contributed by atoms with Crippen LogP contribution in [0.15, 0.2) is 10.9 Å². The molecule has 122 valence electrons. The van der Waals surface area contributed by atoms with Crippen molar-refractivity contribution in [3.63, 3.8) is 0 Å². The zero-order valence-electron chi connectivity index (χ0n) is 14.1. The zero-order valence-corrected chi connectivity index (χ0v) is 14.1. The zero-order chi connectivity index (χ0) is 16.7. The molecule has 1 aliphatic heterocycles. The Morgan fingerprint density at radius 1 is 1.36 bits per heavy atom. The highest BCUT2D eigenvalue weighted by Gasteiger charge is 2.32. The number of likely N-dealkylation sites (tertiary alicyclic amines) is 1. The van der Waals surface area contributed by atoms with Crippen LogP contribution in [0.1, 0.15) is 48.3 Å². The predicted molar refractivity (Wildman–Crippen MR) is 86.1 cm³/mol. The van der Waals surface area contributed by atoms with E-state index >= 15 is 0 Å². The van der Waals surface area contributed by atoms with Gasteiger partial charge in [0.25, 0.3) is 11.5 Å². The fourth-order valence-corrected chi connectivity index (χ4v) is 3.18. The van der Waals surface area contributed by atoms with E-state index in [0.717, 1.165) is 11.3 Å². The Morgan fingerprint density at radius 3 is 2.64 bits per heavy atom. The van der Waals surface area contributed by atoms with E-state index in [1.165, 1.54) is 4.57 Å². The number of aryl methyl sites for hydroxylation is 1. The van der Waals surface area contributed by atoms with Gasteiger partial charge in [0.2, 0.25) is 0 Å². The van der Waals surface area contributed by atoms with Gasteiger partial charge in [0, 0.05) is 25.8 Å². The van der Waals surface area contributed by atoms with Gasteiger partial charge in [0.1, 0.15) is 5.56 Å². The quantitative estimate of drug-likeness (QED) is 0.857. The molecule has 22 heavy (non-hydrogen) atoms. The average molecular weight is 306 g/mol. The summed E-state index contributed by atoms with van der Waals surface area (Å²) in [5, 5.41) is 9.97. The highest BCUT2D eigenvalue weighted by atomic mass is 16.3. The Bertz CT molecular complexity index is 646. The van der Waals surface area contributed by atoms with Crippen molar-refractivity contribution in [1.82, 2.24) is 9.47 Å². The molecule has 5 heteroatoms. The van der Waals surface area contributed by atoms with Crippen LogP contribution in [0, 0.1) is 19.3 Å². The second kappa shape index (κ2) is 5.88. The van der Waals surface area contributed by atoms with E-state index < -0.39 is 6.10 Å². The monoisotopic (exact) mass is 306 g/mol. The molecule has 0 saturated carbocycles. The molecule has 0 aliphatic carbocycles. The van der Waals surface area contributed by atoms with Crippen molar-refractivity contribution in [3.8, 4) is 0 Å². The van der Waals surface area contributed by atoms with Crippen molar-refractivity contribution in [2.45, 2.75) is 46.6 Å². The van der Waals surface area contributed by atoms with Gasteiger partial charge in [-0.15, -0.1) is 0 Å². The molecule has 2 rings (SSSR count). The molecule has 1 aromatic rings. The Morgan fingerprint density at radius 2 is 2.00 bits per heavy atom. The lowest BCUT2D eigenvalue weighted by molar-refractivity contribution is 0.0702. The minimum absolute atomic E-state index is 0.156. The smallest absolute Gasteiger partial charge is 0.263 e. The summed E-state index contributed by atoms with van der Waals surface area (Å²) in [6, 6.07) is 1.69. The summed E-state index contributed by atoms with van der Waals surface area (Å²) in [5.41, 5.74) is 1.61. The number of aliphatic hydroxyl groups is 1. The molecule has 1 aliphatic rings. The molecule has 0 radical (unpaired) electrons. The standard InChI is InChI=1S/C17H26N2O3/c1-11-8-14(15(21)18(5)12(11)2)16(22)19-7-6-13(20)9-17(3,4)10-19/h8,13,20H,6-7,9-10H2,1-5H3. The Labute approximate surface area is 131 Å². The Hall–Kier alpha value is -1.62. The molecule has 1 saturated heterocycles. The number of hydrogen-bond donors (Lipinski definition) is 1. The molecule has 1 aromatic heterocycles. The van der Waals surface area contributed by atoms with E-state index in [4.69, 9.17) is 0 Å². The number of pyridine rings is 1. The molecule has 1 amide bonds. The van der Waals surface area contributed by atoms with Crippen molar-refractivity contribution < 1.29 is 9.90 Å². The van der Waals surface area contributed by atoms with Crippen LogP contribution < -0.4 is 5.56 Å². The molecule has 0 bridgehead atoms. The summed E-state index contributed by atoms with van der Waals surface area (Å²) in [5.74, 6) is -0.231. The minimum atomic E-state index is -0.393. The number of carbonyl (C=O) groups excluding carboxylic acids is 1. The molecule has 5 nitrogen and oxygen atoms in total. The number of amides is 1. The summed E-state index contributed by atoms with van der Waals surface area (Å²) < 4.78 is 1.53. The van der Waals surface area contributed by atoms with Crippen LogP contribution in [0.25, 0.3) is 0 Å². The molecule has 2 heterocycles. The van der Waals surface area contributed by atoms with Gasteiger partial charge in [-0.2, -0.15) is 0 Å². The minimum Gasteiger partial charge on any atom is -0.393 e. The first-order valence-corrected chi connectivity index (χ1v) is 7.77. The average Bonchev–Trinajstić information content (AvgIpc) is 2.57. The van der Waals surface area contributed by atoms with Gasteiger partial charge >= 0.3 is 0 Å². The van der Waals surface area contributed by atoms with Crippen molar-refractivity contribution in [2.75, 3.05) is 13.1 Å². The lowest BCUT2D eigenvalue weighted by atomic mass is 9.87. The molecule has 1 fully saturated rings. The lowest BCUT2D eigenvalue weighted by Crippen LogP contribution is -2.41. The predicted octanol–water partition coefficient (Wildman–Crippen LogP) is 1.63. The first kappa shape index (κ1) is 16.7. The van der Waals surface area contributed by atoms with Gasteiger partial charge < -0.3 is 14.6 Å². The van der Waals surface area contributed by atoms with E-state index in [9.17, 15) is 14.7 Å². The third-order valence-corrected chi connectivity index (χ3v) is 4.63. The number of carbonyl (C=O) groups is 1. The van der Waals surface area contributed by atoms with Crippen molar-refractivity contribution in [3.05, 3.63) is 33.2 Å². The fourth-order valence-electron chi connectivity index (χ4n) is 3.18. The number of aromatic nitrogens is 1. The van der Waals surface area contributed by atoms with Crippen molar-refractivity contribution in [2.24, 2.45) is 12.5 Å². The van der Waals surface area contributed by atoms with Crippen LogP contribution in [0.2, 0.25) is 0 Å². The molecule has 1 unspecified atom stereocenters. The third kappa shape index (κ3) is 3.24. The van der Waals surface area contributed by atoms with E-state index in [2.05, 4.69) is 0 Å². The number of hydrogen-bond acceptors (Lipinski definition) is 3. The lowest BCUT2D eigenvalue weighted by Gasteiger charge is -2.29. The van der Waals surface area contributed by atoms with Gasteiger partial charge in [-0.3, -0.25) is 9.59 Å². The SMILES string of the molecule is Cc1cc(C(=O)N2CCC(O)CC(C)(C)C2)c(=O)n(C)c1C. The normalized spacial score (nSPS) is 21.5. The van der Waals surface area contributed by atoms with Crippen molar-refractivity contribution in [1.29, 1.82) is 0 Å². The van der Waals surface area contributed by atoms with Crippen LogP contribution in [-0.4, -0.2) is 39.7 Å². The highest BCUT2D eigenvalue weighted by molar-refractivity contribution is 5.94. The van der Waals surface area contributed by atoms with Gasteiger partial charge in [-0.25, -0.2) is 0 Å². The van der Waals surface area contributed by atoms with Gasteiger partial charge in [0.15, 0.2) is 0 Å². The maximum absolute atomic E-state index is 12.8. The van der Waals surface area contributed by atoms with Crippen LogP contribution >= 0.6 is 0 Å². The Balaban J connectivity index is 2.38. The third-order valence-electron chi connectivity index (χ3n) is 4.63. The second-order valence-corrected chi connectivity index (χ2v) is 7.23. The van der Waals surface area contributed by atoms with E-state index in [1.807, 2.05) is 27.7 Å². The number of nitrogens with zero attached hydrogens (tertiary/aromatic N) is 2. The topological polar surface area (TPSA) is 62.5 Å². The van der Waals surface area contributed by atoms with E-state index in [1.54, 1.807) is 18.0 Å². The second-order valence-electron chi connectivity index (χ2n) is 7.23. The molecule has 0 spiro atoms. The van der Waals surface area contributed by atoms with E-state index in [0.29, 0.717) is 25.9 Å². The summed E-state index contributed by atoms with van der Waals surface area (Å²) in [6.07, 6.45) is 0.831. The van der Waals surface area contributed by atoms with Gasteiger partial charge in [0.05, 0.1) is 6.10 Å². The first-order chi connectivity index (χ1) is 10.1. The summed E-state index contributed by atoms with van der Waals surface area (Å²) in [4.78, 5) is 26.9. The summed E-state index contributed by atoms with van der Waals surface area (Å²) in [6.45, 7) is 8.90. The van der Waals surface area contributed by atoms with Crippen LogP contribution in [0.3, 0.4) is 0 Å². The Kier molecular flexibility index (Phi) is 4.47. The number of rotatable bonds is 1. The fraction of sp³-hybridized carbons (Fsp3) is 0.647. The van der Waals surface area contributed by atoms with Gasteiger partial charge in [-0.1, -0.05) is 13.8 Å². The number of aliphatic hydroxyl groups excluding tert-OH is 1. The van der Waals surface area contributed by atoms with Crippen LogP contribution in [0.5, 0.6) is 0 Å². The molecule has 1 N–H and O–H groups in total. The molecule has 0 aromatic carbocycles.